The van der Waals surface area contributed by atoms with Gasteiger partial charge in [0.05, 0.1) is 30.1 Å². The molecule has 0 saturated heterocycles. The van der Waals surface area contributed by atoms with Gasteiger partial charge in [0.1, 0.15) is 11.8 Å². The Morgan fingerprint density at radius 2 is 2.00 bits per heavy atom. The van der Waals surface area contributed by atoms with Gasteiger partial charge >= 0.3 is 0 Å². The molecule has 0 aliphatic carbocycles. The highest BCUT2D eigenvalue weighted by atomic mass is 32.2. The van der Waals surface area contributed by atoms with Crippen LogP contribution in [0.2, 0.25) is 0 Å². The fourth-order valence-electron chi connectivity index (χ4n) is 3.27. The number of sulfonamides is 1. The first-order chi connectivity index (χ1) is 13.3. The van der Waals surface area contributed by atoms with Crippen LogP contribution in [-0.4, -0.2) is 26.4 Å². The molecule has 0 amide bonds. The van der Waals surface area contributed by atoms with Gasteiger partial charge in [0, 0.05) is 23.2 Å². The minimum Gasteiger partial charge on any atom is -0.495 e. The first kappa shape index (κ1) is 19.8. The van der Waals surface area contributed by atoms with Crippen molar-refractivity contribution < 1.29 is 13.2 Å². The van der Waals surface area contributed by atoms with E-state index in [-0.39, 0.29) is 6.04 Å². The number of nitrogens with zero attached hydrogens (tertiary/aromatic N) is 2. The van der Waals surface area contributed by atoms with E-state index in [9.17, 15) is 13.7 Å². The lowest BCUT2D eigenvalue weighted by Gasteiger charge is -2.13. The highest BCUT2D eigenvalue weighted by Gasteiger charge is 2.16. The fraction of sp³-hybridized carbons (Fsp3) is 0.286. The summed E-state index contributed by atoms with van der Waals surface area (Å²) in [5, 5.41) is 10.2. The van der Waals surface area contributed by atoms with Crippen LogP contribution in [0.1, 0.15) is 31.9 Å². The molecule has 6 nitrogen and oxygen atoms in total. The van der Waals surface area contributed by atoms with E-state index in [1.165, 1.54) is 0 Å². The van der Waals surface area contributed by atoms with E-state index in [1.807, 2.05) is 24.3 Å². The predicted molar refractivity (Wildman–Crippen MR) is 112 cm³/mol. The average molecular weight is 398 g/mol. The van der Waals surface area contributed by atoms with Crippen molar-refractivity contribution in [2.75, 3.05) is 18.1 Å². The molecule has 1 N–H and O–H groups in total. The molecule has 3 aromatic rings. The molecule has 7 heteroatoms. The number of hydrogen-bond acceptors (Lipinski definition) is 4. The number of ether oxygens (including phenoxy) is 1. The quantitative estimate of drug-likeness (QED) is 0.662. The number of hydrogen-bond donors (Lipinski definition) is 1. The lowest BCUT2D eigenvalue weighted by Crippen LogP contribution is -2.09. The molecule has 0 radical (unpaired) electrons. The third-order valence-electron chi connectivity index (χ3n) is 4.84. The molecular formula is C21H23N3O3S. The molecule has 0 saturated carbocycles. The Morgan fingerprint density at radius 3 is 2.61 bits per heavy atom. The van der Waals surface area contributed by atoms with Gasteiger partial charge in [-0.15, -0.1) is 0 Å². The van der Waals surface area contributed by atoms with Crippen LogP contribution < -0.4 is 9.46 Å². The van der Waals surface area contributed by atoms with Gasteiger partial charge < -0.3 is 9.30 Å². The normalized spacial score (nSPS) is 12.5. The summed E-state index contributed by atoms with van der Waals surface area (Å²) in [5.74, 6) is 0.528. The Labute approximate surface area is 165 Å². The van der Waals surface area contributed by atoms with Crippen LogP contribution in [0, 0.1) is 11.3 Å². The van der Waals surface area contributed by atoms with Crippen molar-refractivity contribution in [3.63, 3.8) is 0 Å². The van der Waals surface area contributed by atoms with E-state index < -0.39 is 10.0 Å². The van der Waals surface area contributed by atoms with Crippen molar-refractivity contribution in [1.29, 1.82) is 5.26 Å². The summed E-state index contributed by atoms with van der Waals surface area (Å²) in [6.45, 7) is 4.23. The third-order valence-corrected chi connectivity index (χ3v) is 5.44. The summed E-state index contributed by atoms with van der Waals surface area (Å²) in [6.07, 6.45) is 4.15. The van der Waals surface area contributed by atoms with Crippen LogP contribution in [0.4, 0.5) is 5.69 Å². The smallest absolute Gasteiger partial charge is 0.229 e. The molecule has 0 unspecified atom stereocenters. The Kier molecular flexibility index (Phi) is 5.34. The highest BCUT2D eigenvalue weighted by Crippen LogP contribution is 2.36. The second-order valence-electron chi connectivity index (χ2n) is 6.84. The molecule has 3 rings (SSSR count). The number of nitriles is 1. The zero-order valence-corrected chi connectivity index (χ0v) is 17.2. The average Bonchev–Trinajstić information content (AvgIpc) is 3.04. The van der Waals surface area contributed by atoms with E-state index in [1.54, 1.807) is 19.2 Å². The fourth-order valence-corrected chi connectivity index (χ4v) is 3.83. The number of nitrogens with one attached hydrogen (secondary N) is 1. The zero-order valence-electron chi connectivity index (χ0n) is 16.4. The topological polar surface area (TPSA) is 84.1 Å². The number of rotatable bonds is 6. The summed E-state index contributed by atoms with van der Waals surface area (Å²) >= 11 is 0. The van der Waals surface area contributed by atoms with Gasteiger partial charge in [-0.1, -0.05) is 19.1 Å². The van der Waals surface area contributed by atoms with Crippen molar-refractivity contribution in [1.82, 2.24) is 4.57 Å². The lowest BCUT2D eigenvalue weighted by atomic mass is 10.0. The largest absolute Gasteiger partial charge is 0.495 e. The van der Waals surface area contributed by atoms with Crippen LogP contribution in [0.5, 0.6) is 5.75 Å². The number of methoxy groups -OCH3 is 1. The van der Waals surface area contributed by atoms with Crippen molar-refractivity contribution in [3.05, 3.63) is 48.2 Å². The Morgan fingerprint density at radius 1 is 1.25 bits per heavy atom. The van der Waals surface area contributed by atoms with Gasteiger partial charge in [0.15, 0.2) is 0 Å². The molecule has 1 atom stereocenters. The van der Waals surface area contributed by atoms with E-state index in [2.05, 4.69) is 35.4 Å². The molecule has 0 bridgehead atoms. The number of anilines is 1. The molecule has 0 fully saturated rings. The van der Waals surface area contributed by atoms with E-state index >= 15 is 0 Å². The summed E-state index contributed by atoms with van der Waals surface area (Å²) in [7, 11) is -1.81. The van der Waals surface area contributed by atoms with Gasteiger partial charge in [-0.25, -0.2) is 8.42 Å². The van der Waals surface area contributed by atoms with Gasteiger partial charge in [0.2, 0.25) is 10.0 Å². The van der Waals surface area contributed by atoms with Crippen LogP contribution in [-0.2, 0) is 10.0 Å². The monoisotopic (exact) mass is 397 g/mol. The molecule has 0 aliphatic rings. The number of fused-ring (bicyclic) bond motifs is 1. The number of aromatic nitrogens is 1. The van der Waals surface area contributed by atoms with Crippen molar-refractivity contribution in [2.45, 2.75) is 26.3 Å². The first-order valence-electron chi connectivity index (χ1n) is 8.98. The van der Waals surface area contributed by atoms with Gasteiger partial charge in [-0.3, -0.25) is 4.72 Å². The molecule has 146 valence electrons. The molecule has 1 aromatic heterocycles. The maximum atomic E-state index is 11.6. The summed E-state index contributed by atoms with van der Waals surface area (Å²) in [4.78, 5) is 0. The maximum absolute atomic E-state index is 11.6. The minimum absolute atomic E-state index is 0.241. The van der Waals surface area contributed by atoms with Crippen LogP contribution in [0.15, 0.2) is 42.6 Å². The van der Waals surface area contributed by atoms with E-state index in [0.717, 1.165) is 34.7 Å². The summed E-state index contributed by atoms with van der Waals surface area (Å²) in [6, 6.07) is 13.4. The Hall–Kier alpha value is -2.98. The highest BCUT2D eigenvalue weighted by molar-refractivity contribution is 7.92. The minimum atomic E-state index is -3.35. The van der Waals surface area contributed by atoms with Gasteiger partial charge in [-0.05, 0) is 43.2 Å². The summed E-state index contributed by atoms with van der Waals surface area (Å²) < 4.78 is 33.3. The number of benzene rings is 2. The molecule has 2 aromatic carbocycles. The van der Waals surface area contributed by atoms with Crippen LogP contribution in [0.3, 0.4) is 0 Å². The van der Waals surface area contributed by atoms with Crippen molar-refractivity contribution in [2.24, 2.45) is 0 Å². The Bertz CT molecular complexity index is 1170. The zero-order chi connectivity index (χ0) is 20.5. The standard InChI is InChI=1S/C21H23N3O3S/c1-5-14(2)24-13-19(15-6-7-16(12-22)21(10-15)27-3)18-9-8-17(11-20(18)24)23-28(4,25)26/h6-11,13-14,23H,5H2,1-4H3/t14-/m0/s1. The van der Waals surface area contributed by atoms with Gasteiger partial charge in [-0.2, -0.15) is 5.26 Å². The SMILES string of the molecule is CC[C@H](C)n1cc(-c2ccc(C#N)c(OC)c2)c2ccc(NS(C)(=O)=O)cc21. The Balaban J connectivity index is 2.22. The predicted octanol–water partition coefficient (Wildman–Crippen LogP) is 4.53. The molecule has 1 heterocycles. The lowest BCUT2D eigenvalue weighted by molar-refractivity contribution is 0.413. The van der Waals surface area contributed by atoms with Crippen LogP contribution in [0.25, 0.3) is 22.0 Å². The molecular weight excluding hydrogens is 374 g/mol. The van der Waals surface area contributed by atoms with E-state index in [4.69, 9.17) is 4.74 Å². The molecule has 28 heavy (non-hydrogen) atoms. The maximum Gasteiger partial charge on any atom is 0.229 e. The first-order valence-corrected chi connectivity index (χ1v) is 10.9. The molecule has 0 spiro atoms. The van der Waals surface area contributed by atoms with Gasteiger partial charge in [0.25, 0.3) is 0 Å². The third kappa shape index (κ3) is 3.82. The second kappa shape index (κ2) is 7.56. The molecule has 0 aliphatic heterocycles. The van der Waals surface area contributed by atoms with Crippen LogP contribution >= 0.6 is 0 Å². The second-order valence-corrected chi connectivity index (χ2v) is 8.59. The van der Waals surface area contributed by atoms with E-state index in [0.29, 0.717) is 17.0 Å². The summed E-state index contributed by atoms with van der Waals surface area (Å²) in [5.41, 5.74) is 3.90. The van der Waals surface area contributed by atoms with Crippen molar-refractivity contribution >= 4 is 26.6 Å². The van der Waals surface area contributed by atoms with Crippen molar-refractivity contribution in [3.8, 4) is 22.9 Å².